The van der Waals surface area contributed by atoms with Crippen LogP contribution in [-0.4, -0.2) is 45.7 Å². The van der Waals surface area contributed by atoms with E-state index in [2.05, 4.69) is 22.0 Å². The van der Waals surface area contributed by atoms with E-state index in [4.69, 9.17) is 27.9 Å². The van der Waals surface area contributed by atoms with Crippen LogP contribution in [-0.2, 0) is 23.3 Å². The summed E-state index contributed by atoms with van der Waals surface area (Å²) in [5.41, 5.74) is 8.81. The number of hydrogen-bond donors (Lipinski definition) is 3. The molecular weight excluding hydrogens is 456 g/mol. The molecule has 1 aromatic heterocycles. The number of aromatic amines is 1. The van der Waals surface area contributed by atoms with E-state index in [0.717, 1.165) is 56.8 Å². The molecule has 0 amide bonds. The summed E-state index contributed by atoms with van der Waals surface area (Å²) in [6.07, 6.45) is 7.83. The predicted octanol–water partition coefficient (Wildman–Crippen LogP) is 1.56. The van der Waals surface area contributed by atoms with Crippen LogP contribution in [0.5, 0.6) is 0 Å². The van der Waals surface area contributed by atoms with Crippen molar-refractivity contribution in [1.82, 2.24) is 19.5 Å². The van der Waals surface area contributed by atoms with Gasteiger partial charge >= 0.3 is 5.69 Å². The van der Waals surface area contributed by atoms with Crippen LogP contribution in [0.3, 0.4) is 0 Å². The standard InChI is InChI=1S/C24H31ClN6O3/c25-18-2-1-16-5-10-34-24(21(16)11-18)6-8-29(9-7-24)14-19(26)15-30(27)12-17-13-31(20-3-4-20)23(33)28-22(17)32/h1-2,11,13,15,20H,3-10,12,14,26-27H2,(H,28,32,33)/b19-15-. The lowest BCUT2D eigenvalue weighted by atomic mass is 9.79. The molecule has 3 heterocycles. The van der Waals surface area contributed by atoms with Gasteiger partial charge in [0.15, 0.2) is 0 Å². The highest BCUT2D eigenvalue weighted by Gasteiger charge is 2.40. The van der Waals surface area contributed by atoms with Gasteiger partial charge in [-0.05, 0) is 55.4 Å². The molecule has 1 aromatic carbocycles. The number of nitrogens with one attached hydrogen (secondary N) is 1. The molecule has 3 aliphatic rings. The summed E-state index contributed by atoms with van der Waals surface area (Å²) in [6.45, 7) is 3.15. The Hall–Kier alpha value is -2.59. The first-order chi connectivity index (χ1) is 16.3. The highest BCUT2D eigenvalue weighted by molar-refractivity contribution is 6.30. The van der Waals surface area contributed by atoms with Crippen molar-refractivity contribution in [2.75, 3.05) is 26.2 Å². The molecule has 9 nitrogen and oxygen atoms in total. The van der Waals surface area contributed by atoms with E-state index < -0.39 is 5.56 Å². The molecule has 1 saturated carbocycles. The molecule has 34 heavy (non-hydrogen) atoms. The molecule has 2 aliphatic heterocycles. The summed E-state index contributed by atoms with van der Waals surface area (Å²) in [4.78, 5) is 28.8. The molecule has 0 bridgehead atoms. The molecule has 0 radical (unpaired) electrons. The van der Waals surface area contributed by atoms with Gasteiger partial charge in [-0.3, -0.25) is 19.2 Å². The van der Waals surface area contributed by atoms with Crippen LogP contribution in [0, 0.1) is 0 Å². The van der Waals surface area contributed by atoms with Crippen molar-refractivity contribution in [1.29, 1.82) is 0 Å². The maximum atomic E-state index is 12.2. The molecule has 182 valence electrons. The number of nitrogens with two attached hydrogens (primary N) is 2. The van der Waals surface area contributed by atoms with Gasteiger partial charge in [-0.1, -0.05) is 17.7 Å². The van der Waals surface area contributed by atoms with Crippen LogP contribution in [0.2, 0.25) is 5.02 Å². The fraction of sp³-hybridized carbons (Fsp3) is 0.500. The second-order valence-electron chi connectivity index (χ2n) is 9.60. The van der Waals surface area contributed by atoms with Gasteiger partial charge in [0.05, 0.1) is 24.3 Å². The smallest absolute Gasteiger partial charge is 0.328 e. The number of H-pyrrole nitrogens is 1. The van der Waals surface area contributed by atoms with Crippen LogP contribution in [0.1, 0.15) is 48.4 Å². The summed E-state index contributed by atoms with van der Waals surface area (Å²) in [7, 11) is 0. The summed E-state index contributed by atoms with van der Waals surface area (Å²) in [6, 6.07) is 6.30. The van der Waals surface area contributed by atoms with Gasteiger partial charge in [-0.15, -0.1) is 0 Å². The van der Waals surface area contributed by atoms with Crippen LogP contribution in [0.4, 0.5) is 0 Å². The van der Waals surface area contributed by atoms with Crippen molar-refractivity contribution in [3.8, 4) is 0 Å². The predicted molar refractivity (Wildman–Crippen MR) is 130 cm³/mol. The van der Waals surface area contributed by atoms with E-state index in [0.29, 0.717) is 17.8 Å². The van der Waals surface area contributed by atoms with E-state index in [9.17, 15) is 9.59 Å². The highest BCUT2D eigenvalue weighted by atomic mass is 35.5. The Kier molecular flexibility index (Phi) is 6.28. The molecule has 1 spiro atoms. The zero-order chi connectivity index (χ0) is 23.9. The molecule has 2 aromatic rings. The van der Waals surface area contributed by atoms with Crippen LogP contribution < -0.4 is 22.8 Å². The lowest BCUT2D eigenvalue weighted by molar-refractivity contribution is -0.0969. The third-order valence-electron chi connectivity index (χ3n) is 7.05. The first-order valence-corrected chi connectivity index (χ1v) is 12.2. The molecule has 1 saturated heterocycles. The normalized spacial score (nSPS) is 20.4. The van der Waals surface area contributed by atoms with Gasteiger partial charge in [0, 0.05) is 48.8 Å². The van der Waals surface area contributed by atoms with Crippen molar-refractivity contribution >= 4 is 11.6 Å². The third-order valence-corrected chi connectivity index (χ3v) is 7.28. The van der Waals surface area contributed by atoms with Crippen LogP contribution in [0.25, 0.3) is 0 Å². The highest BCUT2D eigenvalue weighted by Crippen LogP contribution is 2.42. The summed E-state index contributed by atoms with van der Waals surface area (Å²) in [5, 5.41) is 2.14. The quantitative estimate of drug-likeness (QED) is 0.418. The molecule has 5 N–H and O–H groups in total. The maximum Gasteiger partial charge on any atom is 0.328 e. The fourth-order valence-electron chi connectivity index (χ4n) is 5.13. The van der Waals surface area contributed by atoms with E-state index in [1.807, 2.05) is 6.07 Å². The average Bonchev–Trinajstić information content (AvgIpc) is 3.63. The Morgan fingerprint density at radius 2 is 2.06 bits per heavy atom. The van der Waals surface area contributed by atoms with E-state index in [1.165, 1.54) is 16.1 Å². The molecule has 0 atom stereocenters. The van der Waals surface area contributed by atoms with Gasteiger partial charge in [0.1, 0.15) is 0 Å². The Morgan fingerprint density at radius 1 is 1.29 bits per heavy atom. The van der Waals surface area contributed by atoms with Crippen molar-refractivity contribution < 1.29 is 4.74 Å². The number of benzene rings is 1. The third kappa shape index (κ3) is 4.79. The number of halogens is 1. The molecule has 2 fully saturated rings. The SMILES string of the molecule is N/C(=C\N(N)Cc1cn(C2CC2)c(=O)[nH]c1=O)CN1CCC2(CC1)OCCc1ccc(Cl)cc12. The van der Waals surface area contributed by atoms with Crippen molar-refractivity contribution in [2.24, 2.45) is 11.6 Å². The number of rotatable bonds is 6. The Morgan fingerprint density at radius 3 is 2.79 bits per heavy atom. The van der Waals surface area contributed by atoms with Crippen LogP contribution >= 0.6 is 11.6 Å². The molecule has 10 heteroatoms. The van der Waals surface area contributed by atoms with Crippen molar-refractivity contribution in [2.45, 2.75) is 50.3 Å². The second kappa shape index (κ2) is 9.22. The molecular formula is C24H31ClN6O3. The molecule has 1 aliphatic carbocycles. The largest absolute Gasteiger partial charge is 0.400 e. The van der Waals surface area contributed by atoms with Gasteiger partial charge in [-0.2, -0.15) is 0 Å². The first-order valence-electron chi connectivity index (χ1n) is 11.8. The summed E-state index contributed by atoms with van der Waals surface area (Å²) < 4.78 is 7.89. The summed E-state index contributed by atoms with van der Waals surface area (Å²) >= 11 is 6.28. The minimum Gasteiger partial charge on any atom is -0.400 e. The topological polar surface area (TPSA) is 123 Å². The summed E-state index contributed by atoms with van der Waals surface area (Å²) in [5.74, 6) is 6.13. The van der Waals surface area contributed by atoms with Gasteiger partial charge in [-0.25, -0.2) is 10.6 Å². The van der Waals surface area contributed by atoms with E-state index in [-0.39, 0.29) is 23.9 Å². The molecule has 0 unspecified atom stereocenters. The minimum atomic E-state index is -0.418. The monoisotopic (exact) mass is 486 g/mol. The first kappa shape index (κ1) is 23.2. The zero-order valence-corrected chi connectivity index (χ0v) is 19.9. The molecule has 5 rings (SSSR count). The van der Waals surface area contributed by atoms with Gasteiger partial charge in [0.25, 0.3) is 5.56 Å². The number of piperidine rings is 1. The maximum absolute atomic E-state index is 12.2. The Bertz CT molecular complexity index is 1210. The second-order valence-corrected chi connectivity index (χ2v) is 10.0. The number of ether oxygens (including phenoxy) is 1. The zero-order valence-electron chi connectivity index (χ0n) is 19.1. The van der Waals surface area contributed by atoms with Crippen molar-refractivity contribution in [3.63, 3.8) is 0 Å². The number of hydrazine groups is 1. The number of likely N-dealkylation sites (tertiary alicyclic amines) is 1. The van der Waals surface area contributed by atoms with Gasteiger partial charge in [0.2, 0.25) is 0 Å². The number of aromatic nitrogens is 2. The van der Waals surface area contributed by atoms with E-state index >= 15 is 0 Å². The number of nitrogens with zero attached hydrogens (tertiary/aromatic N) is 3. The van der Waals surface area contributed by atoms with Crippen LogP contribution in [0.15, 0.2) is 45.9 Å². The number of hydrogen-bond acceptors (Lipinski definition) is 7. The van der Waals surface area contributed by atoms with E-state index in [1.54, 1.807) is 17.0 Å². The minimum absolute atomic E-state index is 0.164. The lowest BCUT2D eigenvalue weighted by Crippen LogP contribution is -2.47. The van der Waals surface area contributed by atoms with Crippen molar-refractivity contribution in [3.05, 3.63) is 78.8 Å². The fourth-order valence-corrected chi connectivity index (χ4v) is 5.30. The number of fused-ring (bicyclic) bond motifs is 2. The lowest BCUT2D eigenvalue weighted by Gasteiger charge is -2.45. The Balaban J connectivity index is 1.20. The Labute approximate surface area is 202 Å². The average molecular weight is 487 g/mol. The van der Waals surface area contributed by atoms with Gasteiger partial charge < -0.3 is 15.5 Å².